The molecule has 0 aliphatic carbocycles. The molecule has 0 saturated carbocycles. The van der Waals surface area contributed by atoms with E-state index in [4.69, 9.17) is 9.47 Å². The highest BCUT2D eigenvalue weighted by molar-refractivity contribution is 5.70. The lowest BCUT2D eigenvalue weighted by Crippen LogP contribution is -2.57. The quantitative estimate of drug-likeness (QED) is 0.719. The third kappa shape index (κ3) is 4.73. The van der Waals surface area contributed by atoms with Gasteiger partial charge in [0.2, 0.25) is 0 Å². The highest BCUT2D eigenvalue weighted by atomic mass is 16.6. The average molecular weight is 309 g/mol. The first-order chi connectivity index (χ1) is 10.1. The molecule has 126 valence electrons. The zero-order chi connectivity index (χ0) is 16.5. The van der Waals surface area contributed by atoms with Crippen LogP contribution >= 0.6 is 0 Å². The Labute approximate surface area is 134 Å². The van der Waals surface area contributed by atoms with Gasteiger partial charge in [-0.15, -0.1) is 0 Å². The van der Waals surface area contributed by atoms with Crippen LogP contribution in [0.1, 0.15) is 60.8 Å². The van der Waals surface area contributed by atoms with Crippen LogP contribution in [0.5, 0.6) is 0 Å². The first kappa shape index (κ1) is 17.3. The Kier molecular flexibility index (Phi) is 4.90. The van der Waals surface area contributed by atoms with Crippen LogP contribution in [0, 0.1) is 5.41 Å². The topological polar surface area (TPSA) is 38.8 Å². The number of hydrogen-bond acceptors (Lipinski definition) is 3. The molecular formula is C18H31NO3. The number of carbonyl (C=O) groups is 1. The monoisotopic (exact) mass is 309 g/mol. The fraction of sp³-hybridized carbons (Fsp3) is 0.833. The van der Waals surface area contributed by atoms with Crippen molar-refractivity contribution in [2.45, 2.75) is 78.5 Å². The molecule has 2 aliphatic heterocycles. The number of fused-ring (bicyclic) bond motifs is 2. The molecule has 1 fully saturated rings. The lowest BCUT2D eigenvalue weighted by Gasteiger charge is -2.44. The van der Waals surface area contributed by atoms with Crippen molar-refractivity contribution in [3.05, 3.63) is 11.6 Å². The largest absolute Gasteiger partial charge is 0.444 e. The standard InChI is InChI=1S/C18H31NO3/c1-17(2,3)8-7-13-9-14-11-21-12-15(10-13)19(14)16(20)22-18(4,5)6/h9,14-15H,7-8,10-12H2,1-6H3. The minimum absolute atomic E-state index is 0.0253. The zero-order valence-corrected chi connectivity index (χ0v) is 14.9. The molecular weight excluding hydrogens is 278 g/mol. The lowest BCUT2D eigenvalue weighted by molar-refractivity contribution is -0.0538. The molecule has 1 amide bonds. The number of hydrogen-bond donors (Lipinski definition) is 0. The highest BCUT2D eigenvalue weighted by Crippen LogP contribution is 2.33. The SMILES string of the molecule is CC(C)(C)CCC1=CC2COCC(C1)N2C(=O)OC(C)(C)C. The number of nitrogens with zero attached hydrogens (tertiary/aromatic N) is 1. The van der Waals surface area contributed by atoms with E-state index in [-0.39, 0.29) is 18.2 Å². The van der Waals surface area contributed by atoms with E-state index in [1.54, 1.807) is 0 Å². The summed E-state index contributed by atoms with van der Waals surface area (Å²) in [5, 5.41) is 0. The van der Waals surface area contributed by atoms with E-state index in [1.807, 2.05) is 25.7 Å². The van der Waals surface area contributed by atoms with Gasteiger partial charge in [-0.2, -0.15) is 0 Å². The summed E-state index contributed by atoms with van der Waals surface area (Å²) in [6, 6.07) is 0.144. The van der Waals surface area contributed by atoms with E-state index in [9.17, 15) is 4.79 Å². The number of amides is 1. The van der Waals surface area contributed by atoms with Gasteiger partial charge in [0.05, 0.1) is 25.3 Å². The fourth-order valence-corrected chi connectivity index (χ4v) is 3.00. The van der Waals surface area contributed by atoms with Crippen LogP contribution in [-0.2, 0) is 9.47 Å². The number of morpholine rings is 1. The van der Waals surface area contributed by atoms with Gasteiger partial charge in [0.25, 0.3) is 0 Å². The summed E-state index contributed by atoms with van der Waals surface area (Å²) < 4.78 is 11.2. The molecule has 0 aromatic heterocycles. The Balaban J connectivity index is 2.06. The van der Waals surface area contributed by atoms with Gasteiger partial charge in [0.1, 0.15) is 5.60 Å². The molecule has 0 spiro atoms. The third-order valence-corrected chi connectivity index (χ3v) is 4.08. The molecule has 2 rings (SSSR count). The van der Waals surface area contributed by atoms with Crippen molar-refractivity contribution < 1.29 is 14.3 Å². The lowest BCUT2D eigenvalue weighted by atomic mass is 9.85. The molecule has 2 heterocycles. The first-order valence-corrected chi connectivity index (χ1v) is 8.34. The summed E-state index contributed by atoms with van der Waals surface area (Å²) in [6.07, 6.45) is 5.21. The van der Waals surface area contributed by atoms with Crippen molar-refractivity contribution in [3.8, 4) is 0 Å². The van der Waals surface area contributed by atoms with Crippen molar-refractivity contribution in [2.24, 2.45) is 5.41 Å². The molecule has 4 heteroatoms. The van der Waals surface area contributed by atoms with E-state index in [1.165, 1.54) is 12.0 Å². The molecule has 2 bridgehead atoms. The molecule has 2 atom stereocenters. The predicted octanol–water partition coefficient (Wildman–Crippen LogP) is 4.15. The van der Waals surface area contributed by atoms with Crippen molar-refractivity contribution in [1.82, 2.24) is 4.90 Å². The van der Waals surface area contributed by atoms with Gasteiger partial charge in [0, 0.05) is 0 Å². The van der Waals surface area contributed by atoms with Gasteiger partial charge in [-0.25, -0.2) is 4.79 Å². The maximum Gasteiger partial charge on any atom is 0.411 e. The second-order valence-electron chi connectivity index (χ2n) is 8.74. The second-order valence-corrected chi connectivity index (χ2v) is 8.74. The van der Waals surface area contributed by atoms with Gasteiger partial charge in [-0.3, -0.25) is 4.90 Å². The van der Waals surface area contributed by atoms with E-state index in [2.05, 4.69) is 26.8 Å². The van der Waals surface area contributed by atoms with Gasteiger partial charge < -0.3 is 9.47 Å². The third-order valence-electron chi connectivity index (χ3n) is 4.08. The second kappa shape index (κ2) is 6.23. The summed E-state index contributed by atoms with van der Waals surface area (Å²) in [5.74, 6) is 0. The van der Waals surface area contributed by atoms with Gasteiger partial charge >= 0.3 is 6.09 Å². The zero-order valence-electron chi connectivity index (χ0n) is 14.9. The Bertz CT molecular complexity index is 442. The summed E-state index contributed by atoms with van der Waals surface area (Å²) in [5.41, 5.74) is 1.35. The summed E-state index contributed by atoms with van der Waals surface area (Å²) in [6.45, 7) is 13.7. The maximum atomic E-state index is 12.5. The predicted molar refractivity (Wildman–Crippen MR) is 87.9 cm³/mol. The smallest absolute Gasteiger partial charge is 0.411 e. The molecule has 4 nitrogen and oxygen atoms in total. The normalized spacial score (nSPS) is 25.7. The van der Waals surface area contributed by atoms with Crippen LogP contribution in [0.15, 0.2) is 11.6 Å². The average Bonchev–Trinajstić information content (AvgIpc) is 2.32. The van der Waals surface area contributed by atoms with Crippen LogP contribution in [0.3, 0.4) is 0 Å². The van der Waals surface area contributed by atoms with Crippen LogP contribution < -0.4 is 0 Å². The van der Waals surface area contributed by atoms with Gasteiger partial charge in [0.15, 0.2) is 0 Å². The van der Waals surface area contributed by atoms with Crippen molar-refractivity contribution in [1.29, 1.82) is 0 Å². The molecule has 0 aromatic carbocycles. The van der Waals surface area contributed by atoms with Crippen molar-refractivity contribution in [2.75, 3.05) is 13.2 Å². The van der Waals surface area contributed by atoms with Crippen LogP contribution in [0.25, 0.3) is 0 Å². The van der Waals surface area contributed by atoms with Crippen molar-refractivity contribution in [3.63, 3.8) is 0 Å². The maximum absolute atomic E-state index is 12.5. The summed E-state index contributed by atoms with van der Waals surface area (Å²) >= 11 is 0. The molecule has 0 N–H and O–H groups in total. The van der Waals surface area contributed by atoms with E-state index in [0.29, 0.717) is 18.6 Å². The van der Waals surface area contributed by atoms with Crippen LogP contribution in [-0.4, -0.2) is 41.9 Å². The molecule has 22 heavy (non-hydrogen) atoms. The number of ether oxygens (including phenoxy) is 2. The van der Waals surface area contributed by atoms with Crippen molar-refractivity contribution >= 4 is 6.09 Å². The molecule has 0 aromatic rings. The minimum atomic E-state index is -0.456. The van der Waals surface area contributed by atoms with Crippen LogP contribution in [0.4, 0.5) is 4.79 Å². The van der Waals surface area contributed by atoms with E-state index >= 15 is 0 Å². The van der Waals surface area contributed by atoms with E-state index in [0.717, 1.165) is 12.8 Å². The van der Waals surface area contributed by atoms with Gasteiger partial charge in [-0.1, -0.05) is 32.4 Å². The highest BCUT2D eigenvalue weighted by Gasteiger charge is 2.39. The Morgan fingerprint density at radius 2 is 1.95 bits per heavy atom. The molecule has 2 aliphatic rings. The van der Waals surface area contributed by atoms with Gasteiger partial charge in [-0.05, 0) is 45.4 Å². The number of carbonyl (C=O) groups excluding carboxylic acids is 1. The summed E-state index contributed by atoms with van der Waals surface area (Å²) in [7, 11) is 0. The summed E-state index contributed by atoms with van der Waals surface area (Å²) in [4.78, 5) is 14.4. The molecule has 0 radical (unpaired) electrons. The number of rotatable bonds is 2. The Morgan fingerprint density at radius 1 is 1.27 bits per heavy atom. The van der Waals surface area contributed by atoms with Crippen LogP contribution in [0.2, 0.25) is 0 Å². The fourth-order valence-electron chi connectivity index (χ4n) is 3.00. The van der Waals surface area contributed by atoms with E-state index < -0.39 is 5.60 Å². The minimum Gasteiger partial charge on any atom is -0.444 e. The molecule has 1 saturated heterocycles. The Morgan fingerprint density at radius 3 is 2.50 bits per heavy atom. The molecule has 2 unspecified atom stereocenters. The Hall–Kier alpha value is -1.03. The first-order valence-electron chi connectivity index (χ1n) is 8.34.